The van der Waals surface area contributed by atoms with Crippen molar-refractivity contribution in [3.05, 3.63) is 17.6 Å². The summed E-state index contributed by atoms with van der Waals surface area (Å²) < 4.78 is 7.44. The van der Waals surface area contributed by atoms with Crippen LogP contribution in [-0.2, 0) is 4.74 Å². The molecule has 0 aliphatic carbocycles. The fraction of sp³-hybridized carbons (Fsp3) is 0.700. The Hall–Kier alpha value is -2.42. The molecule has 29 heavy (non-hydrogen) atoms. The zero-order valence-electron chi connectivity index (χ0n) is 17.3. The number of rotatable bonds is 4. The first-order chi connectivity index (χ1) is 14.0. The van der Waals surface area contributed by atoms with Crippen molar-refractivity contribution >= 4 is 17.7 Å². The summed E-state index contributed by atoms with van der Waals surface area (Å²) in [6.45, 7) is 7.75. The van der Waals surface area contributed by atoms with E-state index in [1.165, 1.54) is 0 Å². The number of aryl methyl sites for hydroxylation is 1. The summed E-state index contributed by atoms with van der Waals surface area (Å²) >= 11 is 0. The zero-order chi connectivity index (χ0) is 20.1. The van der Waals surface area contributed by atoms with Crippen LogP contribution in [0.1, 0.15) is 56.8 Å². The Morgan fingerprint density at radius 2 is 1.97 bits per heavy atom. The number of piperidine rings is 1. The highest BCUT2D eigenvalue weighted by molar-refractivity contribution is 5.69. The van der Waals surface area contributed by atoms with E-state index >= 15 is 0 Å². The van der Waals surface area contributed by atoms with Gasteiger partial charge in [-0.1, -0.05) is 13.8 Å². The summed E-state index contributed by atoms with van der Waals surface area (Å²) in [6, 6.07) is 0.717. The van der Waals surface area contributed by atoms with Gasteiger partial charge in [0.05, 0.1) is 6.20 Å². The van der Waals surface area contributed by atoms with Gasteiger partial charge in [0, 0.05) is 36.8 Å². The molecule has 5 heterocycles. The summed E-state index contributed by atoms with van der Waals surface area (Å²) in [5.41, 5.74) is 2.00. The number of ether oxygens (including phenoxy) is 1. The number of anilines is 1. The number of carbonyl (C=O) groups is 1. The van der Waals surface area contributed by atoms with Crippen molar-refractivity contribution in [2.75, 3.05) is 18.4 Å². The maximum atomic E-state index is 12.6. The molecular formula is C20H29N7O2. The number of hydrogen-bond donors (Lipinski definition) is 2. The zero-order valence-corrected chi connectivity index (χ0v) is 17.3. The van der Waals surface area contributed by atoms with Crippen LogP contribution in [0.3, 0.4) is 0 Å². The molecule has 2 unspecified atom stereocenters. The molecule has 2 aromatic heterocycles. The molecule has 156 valence electrons. The lowest BCUT2D eigenvalue weighted by molar-refractivity contribution is 0.0194. The first-order valence-electron chi connectivity index (χ1n) is 10.7. The normalized spacial score (nSPS) is 26.8. The van der Waals surface area contributed by atoms with Crippen LogP contribution in [0, 0.1) is 6.92 Å². The number of aromatic nitrogens is 4. The van der Waals surface area contributed by atoms with Crippen molar-refractivity contribution in [2.24, 2.45) is 0 Å². The summed E-state index contributed by atoms with van der Waals surface area (Å²) in [5.74, 6) is 1.83. The molecule has 0 spiro atoms. The van der Waals surface area contributed by atoms with Crippen molar-refractivity contribution in [1.82, 2.24) is 29.8 Å². The molecule has 2 bridgehead atoms. The van der Waals surface area contributed by atoms with Crippen molar-refractivity contribution in [3.8, 4) is 0 Å². The first-order valence-corrected chi connectivity index (χ1v) is 10.7. The van der Waals surface area contributed by atoms with E-state index in [1.807, 2.05) is 22.5 Å². The minimum Gasteiger partial charge on any atom is -0.443 e. The van der Waals surface area contributed by atoms with E-state index in [1.54, 1.807) is 0 Å². The highest BCUT2D eigenvalue weighted by Gasteiger charge is 2.45. The number of nitrogens with zero attached hydrogens (tertiary/aromatic N) is 5. The van der Waals surface area contributed by atoms with Crippen LogP contribution in [0.25, 0.3) is 5.65 Å². The Morgan fingerprint density at radius 1 is 1.24 bits per heavy atom. The summed E-state index contributed by atoms with van der Waals surface area (Å²) in [6.07, 6.45) is 5.66. The number of carbonyl (C=O) groups excluding carboxylic acids is 1. The van der Waals surface area contributed by atoms with E-state index in [4.69, 9.17) is 4.74 Å². The first kappa shape index (κ1) is 18.6. The number of fused-ring (bicyclic) bond motifs is 3. The van der Waals surface area contributed by atoms with Crippen molar-refractivity contribution < 1.29 is 9.53 Å². The van der Waals surface area contributed by atoms with Crippen molar-refractivity contribution in [3.63, 3.8) is 0 Å². The van der Waals surface area contributed by atoms with E-state index in [9.17, 15) is 4.79 Å². The van der Waals surface area contributed by atoms with Crippen LogP contribution >= 0.6 is 0 Å². The highest BCUT2D eigenvalue weighted by Crippen LogP contribution is 2.37. The molecule has 0 aromatic carbocycles. The third kappa shape index (κ3) is 3.31. The lowest BCUT2D eigenvalue weighted by atomic mass is 9.98. The van der Waals surface area contributed by atoms with E-state index in [0.29, 0.717) is 5.92 Å². The Kier molecular flexibility index (Phi) is 4.57. The van der Waals surface area contributed by atoms with Crippen LogP contribution in [0.4, 0.5) is 10.7 Å². The fourth-order valence-electron chi connectivity index (χ4n) is 4.83. The number of hydrogen-bond acceptors (Lipinski definition) is 7. The topological polar surface area (TPSA) is 96.7 Å². The maximum absolute atomic E-state index is 12.6. The molecule has 9 heteroatoms. The third-order valence-electron chi connectivity index (χ3n) is 6.42. The van der Waals surface area contributed by atoms with Gasteiger partial charge in [-0.15, -0.1) is 0 Å². The predicted octanol–water partition coefficient (Wildman–Crippen LogP) is 2.07. The second-order valence-corrected chi connectivity index (χ2v) is 8.85. The van der Waals surface area contributed by atoms with Crippen molar-refractivity contribution in [1.29, 1.82) is 0 Å². The lowest BCUT2D eigenvalue weighted by Crippen LogP contribution is -2.55. The Labute approximate surface area is 170 Å². The van der Waals surface area contributed by atoms with Gasteiger partial charge in [0.25, 0.3) is 0 Å². The molecule has 2 N–H and O–H groups in total. The molecule has 0 saturated carbocycles. The average molecular weight is 399 g/mol. The molecule has 3 aliphatic rings. The molecule has 3 fully saturated rings. The van der Waals surface area contributed by atoms with Gasteiger partial charge in [-0.2, -0.15) is 14.6 Å². The van der Waals surface area contributed by atoms with Gasteiger partial charge >= 0.3 is 6.09 Å². The SMILES string of the molecule is Cc1nc(NC2CC3CCC(C2)N3C(=O)OC2CNC2)n2ncc(C(C)C)c2n1. The van der Waals surface area contributed by atoms with Gasteiger partial charge in [-0.05, 0) is 38.5 Å². The predicted molar refractivity (Wildman–Crippen MR) is 108 cm³/mol. The largest absolute Gasteiger partial charge is 0.443 e. The van der Waals surface area contributed by atoms with Crippen LogP contribution in [0.15, 0.2) is 6.20 Å². The molecule has 9 nitrogen and oxygen atoms in total. The second kappa shape index (κ2) is 7.12. The van der Waals surface area contributed by atoms with E-state index in [2.05, 4.69) is 39.5 Å². The average Bonchev–Trinajstić information content (AvgIpc) is 3.17. The summed E-state index contributed by atoms with van der Waals surface area (Å²) in [5, 5.41) is 11.3. The van der Waals surface area contributed by atoms with Crippen LogP contribution < -0.4 is 10.6 Å². The molecule has 3 saturated heterocycles. The Bertz CT molecular complexity index is 909. The Balaban J connectivity index is 1.32. The van der Waals surface area contributed by atoms with Gasteiger partial charge in [-0.25, -0.2) is 9.78 Å². The third-order valence-corrected chi connectivity index (χ3v) is 6.42. The highest BCUT2D eigenvalue weighted by atomic mass is 16.6. The molecular weight excluding hydrogens is 370 g/mol. The molecule has 2 aromatic rings. The van der Waals surface area contributed by atoms with E-state index in [-0.39, 0.29) is 30.3 Å². The van der Waals surface area contributed by atoms with Crippen LogP contribution in [0.5, 0.6) is 0 Å². The van der Waals surface area contributed by atoms with Gasteiger partial charge in [-0.3, -0.25) is 0 Å². The van der Waals surface area contributed by atoms with Crippen molar-refractivity contribution in [2.45, 2.75) is 76.6 Å². The molecule has 5 rings (SSSR count). The van der Waals surface area contributed by atoms with Gasteiger partial charge in [0.2, 0.25) is 5.95 Å². The summed E-state index contributed by atoms with van der Waals surface area (Å²) in [4.78, 5) is 23.8. The van der Waals surface area contributed by atoms with E-state index < -0.39 is 0 Å². The van der Waals surface area contributed by atoms with Crippen LogP contribution in [0.2, 0.25) is 0 Å². The smallest absolute Gasteiger partial charge is 0.410 e. The monoisotopic (exact) mass is 399 g/mol. The van der Waals surface area contributed by atoms with Gasteiger partial charge in [0.1, 0.15) is 11.9 Å². The molecule has 2 atom stereocenters. The number of amides is 1. The molecule has 3 aliphatic heterocycles. The second-order valence-electron chi connectivity index (χ2n) is 8.85. The van der Waals surface area contributed by atoms with E-state index in [0.717, 1.165) is 61.8 Å². The molecule has 0 radical (unpaired) electrons. The maximum Gasteiger partial charge on any atom is 0.410 e. The molecule has 1 amide bonds. The quantitative estimate of drug-likeness (QED) is 0.812. The minimum atomic E-state index is -0.142. The standard InChI is InChI=1S/C20H29N7O2/c1-11(2)17-10-22-27-18(17)23-12(3)24-19(27)25-13-6-14-4-5-15(7-13)26(14)20(28)29-16-8-21-9-16/h10-11,13-16,21H,4-9H2,1-3H3,(H,23,24,25). The van der Waals surface area contributed by atoms with Gasteiger partial charge < -0.3 is 20.3 Å². The van der Waals surface area contributed by atoms with Crippen LogP contribution in [-0.4, -0.2) is 67.9 Å². The Morgan fingerprint density at radius 3 is 2.59 bits per heavy atom. The number of nitrogens with one attached hydrogen (secondary N) is 2. The lowest BCUT2D eigenvalue weighted by Gasteiger charge is -2.40. The summed E-state index contributed by atoms with van der Waals surface area (Å²) in [7, 11) is 0. The minimum absolute atomic E-state index is 0.0324. The van der Waals surface area contributed by atoms with Gasteiger partial charge in [0.15, 0.2) is 5.65 Å². The fourth-order valence-corrected chi connectivity index (χ4v) is 4.83.